The topological polar surface area (TPSA) is 64.9 Å². The summed E-state index contributed by atoms with van der Waals surface area (Å²) in [5.74, 6) is 0.703. The van der Waals surface area contributed by atoms with E-state index in [4.69, 9.17) is 4.74 Å². The van der Waals surface area contributed by atoms with Crippen molar-refractivity contribution in [2.24, 2.45) is 0 Å². The van der Waals surface area contributed by atoms with Crippen molar-refractivity contribution in [3.05, 3.63) is 96.1 Å². The summed E-state index contributed by atoms with van der Waals surface area (Å²) in [4.78, 5) is 0. The van der Waals surface area contributed by atoms with E-state index in [2.05, 4.69) is 51.2 Å². The average molecular weight is 408 g/mol. The van der Waals surface area contributed by atoms with Crippen molar-refractivity contribution in [2.75, 3.05) is 6.54 Å². The van der Waals surface area contributed by atoms with Crippen molar-refractivity contribution >= 4 is 12.4 Å². The Morgan fingerprint density at radius 3 is 2.34 bits per heavy atom. The lowest BCUT2D eigenvalue weighted by Crippen LogP contribution is -2.16. The molecule has 3 aromatic carbocycles. The Morgan fingerprint density at radius 1 is 0.828 bits per heavy atom. The van der Waals surface area contributed by atoms with Gasteiger partial charge in [0, 0.05) is 6.54 Å². The van der Waals surface area contributed by atoms with E-state index in [9.17, 15) is 0 Å². The second kappa shape index (κ2) is 10.4. The molecule has 148 valence electrons. The molecule has 0 aliphatic carbocycles. The maximum absolute atomic E-state index is 5.92. The standard InChI is InChI=1S/C22H21N5O.ClH/c1-3-8-18(9-4-1)14-15-23-17-19-10-7-13-21(16-19)28-22-24-25-26-27(22)20-11-5-2-6-12-20;/h1-13,16,23H,14-15,17H2;1H. The number of benzene rings is 3. The van der Waals surface area contributed by atoms with Crippen molar-refractivity contribution in [1.82, 2.24) is 25.5 Å². The van der Waals surface area contributed by atoms with Crippen LogP contribution in [0.2, 0.25) is 0 Å². The predicted octanol–water partition coefficient (Wildman–Crippen LogP) is 4.21. The smallest absolute Gasteiger partial charge is 0.345 e. The van der Waals surface area contributed by atoms with Crippen LogP contribution in [0, 0.1) is 0 Å². The molecular weight excluding hydrogens is 386 g/mol. The highest BCUT2D eigenvalue weighted by Crippen LogP contribution is 2.22. The van der Waals surface area contributed by atoms with Gasteiger partial charge in [0.1, 0.15) is 5.75 Å². The Morgan fingerprint density at radius 2 is 1.55 bits per heavy atom. The number of hydrogen-bond donors (Lipinski definition) is 1. The zero-order valence-electron chi connectivity index (χ0n) is 15.8. The summed E-state index contributed by atoms with van der Waals surface area (Å²) in [6.07, 6.45) is 1.00. The van der Waals surface area contributed by atoms with Crippen LogP contribution in [0.5, 0.6) is 11.8 Å². The van der Waals surface area contributed by atoms with Crippen LogP contribution in [0.15, 0.2) is 84.9 Å². The van der Waals surface area contributed by atoms with Gasteiger partial charge < -0.3 is 10.1 Å². The number of aromatic nitrogens is 4. The SMILES string of the molecule is Cl.c1ccc(CCNCc2cccc(Oc3nnnn3-c3ccccc3)c2)cc1. The van der Waals surface area contributed by atoms with Gasteiger partial charge in [-0.2, -0.15) is 4.68 Å². The van der Waals surface area contributed by atoms with Gasteiger partial charge in [-0.25, -0.2) is 0 Å². The van der Waals surface area contributed by atoms with Crippen LogP contribution in [-0.4, -0.2) is 26.8 Å². The number of rotatable bonds is 8. The second-order valence-corrected chi connectivity index (χ2v) is 6.37. The van der Waals surface area contributed by atoms with Gasteiger partial charge in [0.2, 0.25) is 0 Å². The van der Waals surface area contributed by atoms with E-state index in [-0.39, 0.29) is 12.4 Å². The fourth-order valence-electron chi connectivity index (χ4n) is 2.91. The van der Waals surface area contributed by atoms with Gasteiger partial charge in [-0.15, -0.1) is 12.4 Å². The van der Waals surface area contributed by atoms with Crippen LogP contribution in [0.1, 0.15) is 11.1 Å². The van der Waals surface area contributed by atoms with Crippen molar-refractivity contribution in [1.29, 1.82) is 0 Å². The summed E-state index contributed by atoms with van der Waals surface area (Å²) in [5.41, 5.74) is 3.32. The molecule has 7 heteroatoms. The van der Waals surface area contributed by atoms with Crippen LogP contribution in [0.25, 0.3) is 5.69 Å². The van der Waals surface area contributed by atoms with Crippen LogP contribution >= 0.6 is 12.4 Å². The zero-order valence-corrected chi connectivity index (χ0v) is 16.6. The molecule has 0 unspecified atom stereocenters. The second-order valence-electron chi connectivity index (χ2n) is 6.37. The van der Waals surface area contributed by atoms with E-state index in [0.29, 0.717) is 11.8 Å². The molecule has 4 rings (SSSR count). The first-order valence-corrected chi connectivity index (χ1v) is 9.24. The number of tetrazole rings is 1. The summed E-state index contributed by atoms with van der Waals surface area (Å²) in [6, 6.07) is 28.4. The Labute approximate surface area is 175 Å². The van der Waals surface area contributed by atoms with Crippen LogP contribution in [-0.2, 0) is 13.0 Å². The first kappa shape index (κ1) is 20.5. The summed E-state index contributed by atoms with van der Waals surface area (Å²) < 4.78 is 7.49. The number of nitrogens with one attached hydrogen (secondary N) is 1. The number of nitrogens with zero attached hydrogens (tertiary/aromatic N) is 4. The first-order chi connectivity index (χ1) is 13.9. The number of para-hydroxylation sites is 1. The molecule has 0 amide bonds. The molecule has 0 bridgehead atoms. The van der Waals surface area contributed by atoms with Crippen LogP contribution in [0.4, 0.5) is 0 Å². The molecule has 1 N–H and O–H groups in total. The van der Waals surface area contributed by atoms with E-state index < -0.39 is 0 Å². The summed E-state index contributed by atoms with van der Waals surface area (Å²) in [5, 5.41) is 15.2. The number of halogens is 1. The van der Waals surface area contributed by atoms with Crippen LogP contribution in [0.3, 0.4) is 0 Å². The minimum Gasteiger partial charge on any atom is -0.423 e. The van der Waals surface area contributed by atoms with Crippen molar-refractivity contribution in [2.45, 2.75) is 13.0 Å². The largest absolute Gasteiger partial charge is 0.423 e. The van der Waals surface area contributed by atoms with Gasteiger partial charge in [0.25, 0.3) is 0 Å². The summed E-state index contributed by atoms with van der Waals surface area (Å²) in [7, 11) is 0. The first-order valence-electron chi connectivity index (χ1n) is 9.24. The van der Waals surface area contributed by atoms with Crippen LogP contribution < -0.4 is 10.1 Å². The van der Waals surface area contributed by atoms with Crippen molar-refractivity contribution in [3.63, 3.8) is 0 Å². The lowest BCUT2D eigenvalue weighted by Gasteiger charge is -2.09. The normalized spacial score (nSPS) is 10.3. The molecular formula is C22H22ClN5O. The van der Waals surface area contributed by atoms with E-state index in [1.165, 1.54) is 5.56 Å². The summed E-state index contributed by atoms with van der Waals surface area (Å²) >= 11 is 0. The highest BCUT2D eigenvalue weighted by molar-refractivity contribution is 5.85. The minimum atomic E-state index is 0. The Hall–Kier alpha value is -3.22. The monoisotopic (exact) mass is 407 g/mol. The molecule has 0 fully saturated rings. The van der Waals surface area contributed by atoms with Gasteiger partial charge >= 0.3 is 6.01 Å². The Bertz CT molecular complexity index is 1010. The molecule has 1 heterocycles. The van der Waals surface area contributed by atoms with E-state index >= 15 is 0 Å². The van der Waals surface area contributed by atoms with Crippen molar-refractivity contribution in [3.8, 4) is 17.4 Å². The highest BCUT2D eigenvalue weighted by atomic mass is 35.5. The van der Waals surface area contributed by atoms with E-state index in [1.54, 1.807) is 4.68 Å². The Kier molecular flexibility index (Phi) is 7.33. The third-order valence-electron chi connectivity index (χ3n) is 4.31. The molecule has 0 radical (unpaired) electrons. The molecule has 4 aromatic rings. The molecule has 0 atom stereocenters. The van der Waals surface area contributed by atoms with E-state index in [1.807, 2.05) is 54.6 Å². The average Bonchev–Trinajstić information content (AvgIpc) is 3.21. The van der Waals surface area contributed by atoms with Gasteiger partial charge in [0.15, 0.2) is 0 Å². The molecule has 29 heavy (non-hydrogen) atoms. The van der Waals surface area contributed by atoms with Gasteiger partial charge in [0.05, 0.1) is 5.69 Å². The third kappa shape index (κ3) is 5.63. The fraction of sp³-hybridized carbons (Fsp3) is 0.136. The highest BCUT2D eigenvalue weighted by Gasteiger charge is 2.10. The molecule has 0 aliphatic heterocycles. The predicted molar refractivity (Wildman–Crippen MR) is 115 cm³/mol. The van der Waals surface area contributed by atoms with E-state index in [0.717, 1.165) is 30.8 Å². The third-order valence-corrected chi connectivity index (χ3v) is 4.31. The molecule has 0 spiro atoms. The van der Waals surface area contributed by atoms with Gasteiger partial charge in [-0.3, -0.25) is 0 Å². The quantitative estimate of drug-likeness (QED) is 0.443. The maximum atomic E-state index is 5.92. The lowest BCUT2D eigenvalue weighted by molar-refractivity contribution is 0.426. The molecule has 0 saturated heterocycles. The minimum absolute atomic E-state index is 0. The molecule has 1 aromatic heterocycles. The lowest BCUT2D eigenvalue weighted by atomic mass is 10.1. The van der Waals surface area contributed by atoms with Gasteiger partial charge in [-0.05, 0) is 58.8 Å². The Balaban J connectivity index is 0.00000240. The molecule has 0 saturated carbocycles. The fourth-order valence-corrected chi connectivity index (χ4v) is 2.91. The molecule has 6 nitrogen and oxygen atoms in total. The molecule has 0 aliphatic rings. The zero-order chi connectivity index (χ0) is 19.0. The van der Waals surface area contributed by atoms with Crippen molar-refractivity contribution < 1.29 is 4.74 Å². The number of ether oxygens (including phenoxy) is 1. The van der Waals surface area contributed by atoms with Gasteiger partial charge in [-0.1, -0.05) is 65.8 Å². The number of hydrogen-bond acceptors (Lipinski definition) is 5. The maximum Gasteiger partial charge on any atom is 0.345 e. The summed E-state index contributed by atoms with van der Waals surface area (Å²) in [6.45, 7) is 1.69.